The summed E-state index contributed by atoms with van der Waals surface area (Å²) in [6, 6.07) is 16.2. The fraction of sp³-hybridized carbons (Fsp3) is 0.357. The first-order valence-corrected chi connectivity index (χ1v) is 12.2. The van der Waals surface area contributed by atoms with Crippen molar-refractivity contribution >= 4 is 16.7 Å². The summed E-state index contributed by atoms with van der Waals surface area (Å²) in [4.78, 5) is 17.3. The Morgan fingerprint density at radius 1 is 1.15 bits per heavy atom. The maximum atomic E-state index is 13.1. The number of nitrogens with one attached hydrogen (secondary N) is 1. The van der Waals surface area contributed by atoms with Gasteiger partial charge in [-0.1, -0.05) is 42.0 Å². The van der Waals surface area contributed by atoms with Crippen molar-refractivity contribution in [3.05, 3.63) is 78.2 Å². The van der Waals surface area contributed by atoms with Gasteiger partial charge >= 0.3 is 0 Å². The number of carbonyl (C=O) groups excluding carboxylic acids is 1. The number of rotatable bonds is 6. The number of carbonyl (C=O) groups is 1. The Balaban J connectivity index is 1.16. The Morgan fingerprint density at radius 3 is 2.82 bits per heavy atom. The van der Waals surface area contributed by atoms with E-state index in [1.165, 1.54) is 32.1 Å². The van der Waals surface area contributed by atoms with Gasteiger partial charge in [-0.25, -0.2) is 4.68 Å². The summed E-state index contributed by atoms with van der Waals surface area (Å²) in [7, 11) is 0. The van der Waals surface area contributed by atoms with E-state index in [2.05, 4.69) is 33.6 Å². The molecule has 2 aromatic heterocycles. The van der Waals surface area contributed by atoms with Gasteiger partial charge < -0.3 is 5.32 Å². The number of amides is 1. The molecule has 34 heavy (non-hydrogen) atoms. The minimum absolute atomic E-state index is 0.00105. The van der Waals surface area contributed by atoms with E-state index < -0.39 is 0 Å². The number of hydrogen-bond donors (Lipinski definition) is 1. The smallest absolute Gasteiger partial charge is 0.251 e. The average molecular weight is 452 g/mol. The lowest BCUT2D eigenvalue weighted by atomic mass is 9.50. The molecule has 2 fully saturated rings. The first-order valence-electron chi connectivity index (χ1n) is 12.2. The molecule has 1 atom stereocenters. The molecule has 6 heteroatoms. The summed E-state index contributed by atoms with van der Waals surface area (Å²) in [6.45, 7) is 2.65. The zero-order valence-corrected chi connectivity index (χ0v) is 19.4. The van der Waals surface area contributed by atoms with Crippen molar-refractivity contribution in [3.8, 4) is 11.3 Å². The highest BCUT2D eigenvalue weighted by atomic mass is 16.1. The molecule has 1 N–H and O–H groups in total. The van der Waals surface area contributed by atoms with Crippen LogP contribution < -0.4 is 5.32 Å². The molecule has 2 saturated carbocycles. The van der Waals surface area contributed by atoms with Crippen LogP contribution in [0.15, 0.2) is 67.1 Å². The molecule has 0 aliphatic heterocycles. The van der Waals surface area contributed by atoms with Gasteiger partial charge in [-0.2, -0.15) is 0 Å². The van der Waals surface area contributed by atoms with Crippen LogP contribution in [0, 0.1) is 11.3 Å². The van der Waals surface area contributed by atoms with E-state index in [9.17, 15) is 4.79 Å². The van der Waals surface area contributed by atoms with Crippen LogP contribution in [0.2, 0.25) is 0 Å². The van der Waals surface area contributed by atoms with Gasteiger partial charge in [0.05, 0.1) is 12.7 Å². The molecule has 1 amide bonds. The van der Waals surface area contributed by atoms with E-state index in [4.69, 9.17) is 0 Å². The number of fused-ring (bicyclic) bond motifs is 1. The van der Waals surface area contributed by atoms with E-state index >= 15 is 0 Å². The molecule has 6 rings (SSSR count). The molecular weight excluding hydrogens is 422 g/mol. The molecule has 2 aliphatic rings. The maximum absolute atomic E-state index is 13.1. The lowest BCUT2D eigenvalue weighted by Crippen LogP contribution is -2.51. The Labute approximate surface area is 199 Å². The molecule has 172 valence electrons. The first kappa shape index (κ1) is 21.0. The van der Waals surface area contributed by atoms with Crippen LogP contribution in [0.5, 0.6) is 0 Å². The highest BCUT2D eigenvalue weighted by molar-refractivity contribution is 5.95. The Hall–Kier alpha value is -3.54. The van der Waals surface area contributed by atoms with E-state index in [1.807, 2.05) is 54.9 Å². The number of pyridine rings is 1. The zero-order valence-electron chi connectivity index (χ0n) is 19.4. The third-order valence-electron chi connectivity index (χ3n) is 7.94. The predicted molar refractivity (Wildman–Crippen MR) is 132 cm³/mol. The fourth-order valence-corrected chi connectivity index (χ4v) is 5.70. The van der Waals surface area contributed by atoms with Gasteiger partial charge in [-0.3, -0.25) is 9.78 Å². The van der Waals surface area contributed by atoms with Crippen LogP contribution in [0.4, 0.5) is 0 Å². The molecule has 0 saturated heterocycles. The van der Waals surface area contributed by atoms with Crippen molar-refractivity contribution in [2.75, 3.05) is 0 Å². The predicted octanol–water partition coefficient (Wildman–Crippen LogP) is 5.24. The Bertz CT molecular complexity index is 1350. The molecule has 4 aromatic rings. The maximum Gasteiger partial charge on any atom is 0.251 e. The normalized spacial score (nSPS) is 17.8. The minimum atomic E-state index is 0.00105. The van der Waals surface area contributed by atoms with Gasteiger partial charge in [0.2, 0.25) is 0 Å². The SMILES string of the molecule is CC(NC(=O)c1ccccc1Cn1cc(-c2ccc3cnccc3c2)nn1)C1CC2(CCC2)C1. The van der Waals surface area contributed by atoms with E-state index in [0.717, 1.165) is 27.6 Å². The molecule has 2 heterocycles. The van der Waals surface area contributed by atoms with Crippen molar-refractivity contribution < 1.29 is 4.79 Å². The fourth-order valence-electron chi connectivity index (χ4n) is 5.70. The van der Waals surface area contributed by atoms with Gasteiger partial charge in [0.15, 0.2) is 0 Å². The van der Waals surface area contributed by atoms with Crippen LogP contribution in [0.3, 0.4) is 0 Å². The molecule has 0 bridgehead atoms. The summed E-state index contributed by atoms with van der Waals surface area (Å²) < 4.78 is 1.80. The van der Waals surface area contributed by atoms with E-state index in [-0.39, 0.29) is 11.9 Å². The Kier molecular flexibility index (Phi) is 5.16. The summed E-state index contributed by atoms with van der Waals surface area (Å²) in [6.07, 6.45) is 12.3. The van der Waals surface area contributed by atoms with Crippen LogP contribution in [0.1, 0.15) is 54.9 Å². The molecule has 6 nitrogen and oxygen atoms in total. The van der Waals surface area contributed by atoms with Gasteiger partial charge in [0, 0.05) is 34.9 Å². The number of nitrogens with zero attached hydrogens (tertiary/aromatic N) is 4. The second-order valence-corrected chi connectivity index (χ2v) is 10.2. The van der Waals surface area contributed by atoms with Crippen molar-refractivity contribution in [2.45, 2.75) is 51.6 Å². The lowest BCUT2D eigenvalue weighted by Gasteiger charge is -2.56. The van der Waals surface area contributed by atoms with Crippen molar-refractivity contribution in [2.24, 2.45) is 11.3 Å². The highest BCUT2D eigenvalue weighted by Gasteiger charge is 2.49. The lowest BCUT2D eigenvalue weighted by molar-refractivity contribution is -0.0366. The second kappa shape index (κ2) is 8.35. The quantitative estimate of drug-likeness (QED) is 0.435. The van der Waals surface area contributed by atoms with Gasteiger partial charge in [-0.05, 0) is 73.1 Å². The zero-order chi connectivity index (χ0) is 23.1. The van der Waals surface area contributed by atoms with Crippen molar-refractivity contribution in [1.29, 1.82) is 0 Å². The van der Waals surface area contributed by atoms with E-state index in [1.54, 1.807) is 10.9 Å². The summed E-state index contributed by atoms with van der Waals surface area (Å²) >= 11 is 0. The highest BCUT2D eigenvalue weighted by Crippen LogP contribution is 2.59. The summed E-state index contributed by atoms with van der Waals surface area (Å²) in [5.41, 5.74) is 4.09. The van der Waals surface area contributed by atoms with Crippen LogP contribution in [0.25, 0.3) is 22.0 Å². The Morgan fingerprint density at radius 2 is 2.00 bits per heavy atom. The van der Waals surface area contributed by atoms with Gasteiger partial charge in [-0.15, -0.1) is 5.10 Å². The molecule has 2 aliphatic carbocycles. The van der Waals surface area contributed by atoms with Crippen LogP contribution in [-0.4, -0.2) is 31.9 Å². The molecule has 1 spiro atoms. The van der Waals surface area contributed by atoms with E-state index in [0.29, 0.717) is 23.4 Å². The molecule has 1 unspecified atom stereocenters. The average Bonchev–Trinajstić information content (AvgIpc) is 3.25. The summed E-state index contributed by atoms with van der Waals surface area (Å²) in [5, 5.41) is 14.2. The standard InChI is InChI=1S/C28H29N5O/c1-19(24-14-28(15-24)10-4-11-28)30-27(34)25-6-3-2-5-23(25)17-33-18-26(31-32-33)21-7-8-22-16-29-12-9-20(22)13-21/h2-3,5-9,12-13,16,18-19,24H,4,10-11,14-15,17H2,1H3,(H,30,34). The number of hydrogen-bond acceptors (Lipinski definition) is 4. The van der Waals surface area contributed by atoms with Gasteiger partial charge in [0.25, 0.3) is 5.91 Å². The minimum Gasteiger partial charge on any atom is -0.349 e. The van der Waals surface area contributed by atoms with Crippen LogP contribution in [-0.2, 0) is 6.54 Å². The first-order chi connectivity index (χ1) is 16.6. The van der Waals surface area contributed by atoms with Crippen LogP contribution >= 0.6 is 0 Å². The topological polar surface area (TPSA) is 72.7 Å². The third kappa shape index (κ3) is 3.87. The molecule has 0 radical (unpaired) electrons. The monoisotopic (exact) mass is 451 g/mol. The number of aromatic nitrogens is 4. The van der Waals surface area contributed by atoms with Gasteiger partial charge in [0.1, 0.15) is 5.69 Å². The molecule has 2 aromatic carbocycles. The largest absolute Gasteiger partial charge is 0.349 e. The van der Waals surface area contributed by atoms with Crippen molar-refractivity contribution in [1.82, 2.24) is 25.3 Å². The number of benzene rings is 2. The molecular formula is C28H29N5O. The summed E-state index contributed by atoms with van der Waals surface area (Å²) in [5.74, 6) is 0.605. The second-order valence-electron chi connectivity index (χ2n) is 10.2. The van der Waals surface area contributed by atoms with Crippen molar-refractivity contribution in [3.63, 3.8) is 0 Å². The third-order valence-corrected chi connectivity index (χ3v) is 7.94.